The van der Waals surface area contributed by atoms with Gasteiger partial charge in [-0.05, 0) is 111 Å². The van der Waals surface area contributed by atoms with E-state index in [9.17, 15) is 0 Å². The van der Waals surface area contributed by atoms with Crippen LogP contribution in [0.15, 0.2) is 221 Å². The highest BCUT2D eigenvalue weighted by Crippen LogP contribution is 2.42. The predicted octanol–water partition coefficient (Wildman–Crippen LogP) is 15.6. The van der Waals surface area contributed by atoms with Gasteiger partial charge in [-0.15, -0.1) is 0 Å². The fourth-order valence-electron chi connectivity index (χ4n) is 8.23. The molecule has 3 nitrogen and oxygen atoms in total. The van der Waals surface area contributed by atoms with Crippen LogP contribution in [0.4, 0.5) is 17.1 Å². The minimum atomic E-state index is 0.860. The molecule has 0 aliphatic carbocycles. The molecular weight excluding hydrogens is 695 g/mol. The first-order valence-corrected chi connectivity index (χ1v) is 19.3. The van der Waals surface area contributed by atoms with E-state index in [1.54, 1.807) is 0 Å². The molecule has 11 rings (SSSR count). The lowest BCUT2D eigenvalue weighted by Crippen LogP contribution is -2.09. The molecule has 3 heteroatoms. The van der Waals surface area contributed by atoms with Crippen LogP contribution < -0.4 is 4.90 Å². The number of furan rings is 2. The third kappa shape index (κ3) is 5.85. The van der Waals surface area contributed by atoms with Crippen LogP contribution in [-0.4, -0.2) is 0 Å². The minimum absolute atomic E-state index is 0.860. The molecule has 0 N–H and O–H groups in total. The van der Waals surface area contributed by atoms with Crippen LogP contribution in [0.25, 0.3) is 88.4 Å². The van der Waals surface area contributed by atoms with E-state index < -0.39 is 0 Å². The van der Waals surface area contributed by atoms with Crippen molar-refractivity contribution in [2.45, 2.75) is 0 Å². The van der Waals surface area contributed by atoms with E-state index in [0.717, 1.165) is 72.1 Å². The third-order valence-electron chi connectivity index (χ3n) is 11.1. The van der Waals surface area contributed by atoms with Gasteiger partial charge in [0.2, 0.25) is 0 Å². The summed E-state index contributed by atoms with van der Waals surface area (Å²) >= 11 is 0. The monoisotopic (exact) mass is 729 g/mol. The van der Waals surface area contributed by atoms with E-state index in [0.29, 0.717) is 0 Å². The van der Waals surface area contributed by atoms with Gasteiger partial charge in [-0.3, -0.25) is 0 Å². The molecule has 0 fully saturated rings. The van der Waals surface area contributed by atoms with Crippen molar-refractivity contribution in [1.82, 2.24) is 0 Å². The van der Waals surface area contributed by atoms with Crippen LogP contribution in [0.1, 0.15) is 0 Å². The molecule has 0 bridgehead atoms. The Labute approximate surface area is 330 Å². The van der Waals surface area contributed by atoms with Crippen LogP contribution >= 0.6 is 0 Å². The Morgan fingerprint density at radius 3 is 1.09 bits per heavy atom. The lowest BCUT2D eigenvalue weighted by atomic mass is 9.99. The molecule has 0 atom stereocenters. The van der Waals surface area contributed by atoms with Gasteiger partial charge in [0.05, 0.1) is 0 Å². The summed E-state index contributed by atoms with van der Waals surface area (Å²) in [4.78, 5) is 2.32. The topological polar surface area (TPSA) is 29.5 Å². The zero-order valence-electron chi connectivity index (χ0n) is 31.0. The second-order valence-corrected chi connectivity index (χ2v) is 14.5. The van der Waals surface area contributed by atoms with Gasteiger partial charge < -0.3 is 13.7 Å². The fourth-order valence-corrected chi connectivity index (χ4v) is 8.23. The number of nitrogens with zero attached hydrogens (tertiary/aromatic N) is 1. The van der Waals surface area contributed by atoms with Crippen molar-refractivity contribution < 1.29 is 8.83 Å². The maximum absolute atomic E-state index is 6.48. The summed E-state index contributed by atoms with van der Waals surface area (Å²) in [6.45, 7) is 0. The van der Waals surface area contributed by atoms with E-state index in [1.165, 1.54) is 33.4 Å². The van der Waals surface area contributed by atoms with Gasteiger partial charge >= 0.3 is 0 Å². The van der Waals surface area contributed by atoms with Crippen molar-refractivity contribution in [2.24, 2.45) is 0 Å². The summed E-state index contributed by atoms with van der Waals surface area (Å²) < 4.78 is 12.7. The van der Waals surface area contributed by atoms with Gasteiger partial charge in [-0.2, -0.15) is 0 Å². The standard InChI is InChI=1S/C54H35NO2/c1-3-9-36(10-4-1)38-15-17-39(18-16-38)41-21-28-45(29-22-41)55(44-26-19-40(20-27-44)37-11-5-2-6-12-37)46-30-23-42(24-31-46)43-25-32-48-52(35-43)57-51-34-33-50-53(54(48)51)47-13-7-8-14-49(47)56-50/h1-35H. The van der Waals surface area contributed by atoms with E-state index in [2.05, 4.69) is 193 Å². The Bertz CT molecular complexity index is 3180. The van der Waals surface area contributed by atoms with Gasteiger partial charge in [-0.1, -0.05) is 146 Å². The molecule has 268 valence electrons. The number of benzene rings is 9. The van der Waals surface area contributed by atoms with Crippen molar-refractivity contribution in [3.05, 3.63) is 212 Å². The van der Waals surface area contributed by atoms with Gasteiger partial charge in [0, 0.05) is 38.6 Å². The normalized spacial score (nSPS) is 11.5. The zero-order chi connectivity index (χ0) is 37.7. The van der Waals surface area contributed by atoms with Gasteiger partial charge in [0.25, 0.3) is 0 Å². The van der Waals surface area contributed by atoms with Crippen LogP contribution in [-0.2, 0) is 0 Å². The molecule has 11 aromatic rings. The van der Waals surface area contributed by atoms with Crippen LogP contribution in [0.5, 0.6) is 0 Å². The van der Waals surface area contributed by atoms with E-state index >= 15 is 0 Å². The summed E-state index contributed by atoms with van der Waals surface area (Å²) in [6, 6.07) is 75.2. The molecule has 2 aromatic heterocycles. The van der Waals surface area contributed by atoms with E-state index in [-0.39, 0.29) is 0 Å². The molecule has 0 saturated carbocycles. The van der Waals surface area contributed by atoms with Gasteiger partial charge in [-0.25, -0.2) is 0 Å². The Morgan fingerprint density at radius 1 is 0.246 bits per heavy atom. The summed E-state index contributed by atoms with van der Waals surface area (Å²) in [7, 11) is 0. The maximum Gasteiger partial charge on any atom is 0.136 e. The molecule has 0 aliphatic rings. The van der Waals surface area contributed by atoms with Gasteiger partial charge in [0.1, 0.15) is 22.3 Å². The van der Waals surface area contributed by atoms with Crippen molar-refractivity contribution in [1.29, 1.82) is 0 Å². The molecule has 0 amide bonds. The number of anilines is 3. The first-order chi connectivity index (χ1) is 28.2. The largest absolute Gasteiger partial charge is 0.456 e. The average molecular weight is 730 g/mol. The highest BCUT2D eigenvalue weighted by molar-refractivity contribution is 6.25. The predicted molar refractivity (Wildman–Crippen MR) is 237 cm³/mol. The van der Waals surface area contributed by atoms with Crippen molar-refractivity contribution >= 4 is 60.9 Å². The van der Waals surface area contributed by atoms with Crippen LogP contribution in [0.3, 0.4) is 0 Å². The lowest BCUT2D eigenvalue weighted by Gasteiger charge is -2.26. The van der Waals surface area contributed by atoms with E-state index in [1.807, 2.05) is 24.3 Å². The second kappa shape index (κ2) is 13.6. The average Bonchev–Trinajstić information content (AvgIpc) is 3.86. The quantitative estimate of drug-likeness (QED) is 0.164. The SMILES string of the molecule is c1ccc(-c2ccc(-c3ccc(N(c4ccc(-c5ccccc5)cc4)c4ccc(-c5ccc6c(c5)oc5ccc7oc8ccccc8c7c56)cc4)cc3)cc2)cc1. The number of rotatable bonds is 7. The molecule has 0 saturated heterocycles. The van der Waals surface area contributed by atoms with E-state index in [4.69, 9.17) is 8.83 Å². The first kappa shape index (κ1) is 32.8. The molecule has 0 spiro atoms. The highest BCUT2D eigenvalue weighted by atomic mass is 16.3. The van der Waals surface area contributed by atoms with Crippen molar-refractivity contribution in [3.8, 4) is 44.5 Å². The van der Waals surface area contributed by atoms with Gasteiger partial charge in [0.15, 0.2) is 0 Å². The van der Waals surface area contributed by atoms with Crippen molar-refractivity contribution in [3.63, 3.8) is 0 Å². The minimum Gasteiger partial charge on any atom is -0.456 e. The Kier molecular flexibility index (Phi) is 7.82. The summed E-state index contributed by atoms with van der Waals surface area (Å²) in [6.07, 6.45) is 0. The highest BCUT2D eigenvalue weighted by Gasteiger charge is 2.18. The Morgan fingerprint density at radius 2 is 0.596 bits per heavy atom. The maximum atomic E-state index is 6.48. The zero-order valence-corrected chi connectivity index (χ0v) is 31.0. The molecule has 57 heavy (non-hydrogen) atoms. The number of para-hydroxylation sites is 1. The number of fused-ring (bicyclic) bond motifs is 7. The third-order valence-corrected chi connectivity index (χ3v) is 11.1. The molecule has 0 radical (unpaired) electrons. The summed E-state index contributed by atoms with van der Waals surface area (Å²) in [5.41, 5.74) is 16.1. The number of hydrogen-bond acceptors (Lipinski definition) is 3. The Balaban J connectivity index is 0.941. The molecule has 0 aliphatic heterocycles. The second-order valence-electron chi connectivity index (χ2n) is 14.5. The summed E-state index contributed by atoms with van der Waals surface area (Å²) in [5.74, 6) is 0. The van der Waals surface area contributed by atoms with Crippen LogP contribution in [0, 0.1) is 0 Å². The van der Waals surface area contributed by atoms with Crippen molar-refractivity contribution in [2.75, 3.05) is 4.90 Å². The fraction of sp³-hybridized carbons (Fsp3) is 0. The Hall–Kier alpha value is -7.62. The molecule has 2 heterocycles. The number of hydrogen-bond donors (Lipinski definition) is 0. The molecule has 9 aromatic carbocycles. The smallest absolute Gasteiger partial charge is 0.136 e. The summed E-state index contributed by atoms with van der Waals surface area (Å²) in [5, 5.41) is 4.39. The first-order valence-electron chi connectivity index (χ1n) is 19.3. The lowest BCUT2D eigenvalue weighted by molar-refractivity contribution is 0.663. The molecule has 0 unspecified atom stereocenters. The molecular formula is C54H35NO2. The van der Waals surface area contributed by atoms with Crippen LogP contribution in [0.2, 0.25) is 0 Å².